The molecule has 0 aliphatic rings. The minimum Gasteiger partial charge on any atom is -0.481 e. The van der Waals surface area contributed by atoms with E-state index in [2.05, 4.69) is 5.32 Å². The molecule has 4 nitrogen and oxygen atoms in total. The molecule has 24 heavy (non-hydrogen) atoms. The molecule has 1 atom stereocenters. The number of rotatable bonds is 5. The van der Waals surface area contributed by atoms with E-state index in [4.69, 9.17) is 0 Å². The monoisotopic (exact) mass is 337 g/mol. The van der Waals surface area contributed by atoms with Crippen LogP contribution in [-0.4, -0.2) is 17.0 Å². The van der Waals surface area contributed by atoms with Gasteiger partial charge in [0.05, 0.1) is 11.5 Å². The zero-order valence-electron chi connectivity index (χ0n) is 12.4. The molecule has 1 unspecified atom stereocenters. The van der Waals surface area contributed by atoms with Crippen LogP contribution in [0.4, 0.5) is 18.9 Å². The van der Waals surface area contributed by atoms with E-state index in [9.17, 15) is 27.9 Å². The Labute approximate surface area is 135 Å². The van der Waals surface area contributed by atoms with Gasteiger partial charge in [0.1, 0.15) is 0 Å². The number of carboxylic acids is 1. The molecule has 2 rings (SSSR count). The van der Waals surface area contributed by atoms with E-state index in [-0.39, 0.29) is 12.1 Å². The molecule has 0 aliphatic carbocycles. The Morgan fingerprint density at radius 2 is 1.71 bits per heavy atom. The zero-order valence-corrected chi connectivity index (χ0v) is 12.4. The number of anilines is 1. The lowest BCUT2D eigenvalue weighted by molar-refractivity contribution is -0.140. The molecule has 2 aromatic carbocycles. The average Bonchev–Trinajstić information content (AvgIpc) is 2.52. The highest BCUT2D eigenvalue weighted by Crippen LogP contribution is 2.30. The van der Waals surface area contributed by atoms with Gasteiger partial charge < -0.3 is 10.4 Å². The fraction of sp³-hybridized carbons (Fsp3) is 0.176. The van der Waals surface area contributed by atoms with Gasteiger partial charge in [-0.3, -0.25) is 9.59 Å². The van der Waals surface area contributed by atoms with Crippen molar-refractivity contribution >= 4 is 17.6 Å². The van der Waals surface area contributed by atoms with E-state index >= 15 is 0 Å². The number of amides is 1. The highest BCUT2D eigenvalue weighted by molar-refractivity contribution is 5.94. The summed E-state index contributed by atoms with van der Waals surface area (Å²) in [6.45, 7) is 0. The van der Waals surface area contributed by atoms with Gasteiger partial charge in [-0.05, 0) is 23.8 Å². The summed E-state index contributed by atoms with van der Waals surface area (Å²) in [6.07, 6.45) is -4.90. The van der Waals surface area contributed by atoms with E-state index in [1.54, 1.807) is 30.3 Å². The largest absolute Gasteiger partial charge is 0.481 e. The second kappa shape index (κ2) is 7.16. The van der Waals surface area contributed by atoms with E-state index in [0.29, 0.717) is 5.56 Å². The lowest BCUT2D eigenvalue weighted by Crippen LogP contribution is -2.21. The third-order valence-corrected chi connectivity index (χ3v) is 3.36. The number of hydrogen-bond acceptors (Lipinski definition) is 2. The molecule has 0 saturated heterocycles. The van der Waals surface area contributed by atoms with Gasteiger partial charge in [0, 0.05) is 12.1 Å². The van der Waals surface area contributed by atoms with Crippen LogP contribution in [0.15, 0.2) is 54.6 Å². The SMILES string of the molecule is O=C(CC(C(=O)O)c1ccccc1)Nc1cccc(C(F)(F)F)c1. The number of hydrogen-bond donors (Lipinski definition) is 2. The molecule has 0 bridgehead atoms. The second-order valence-corrected chi connectivity index (χ2v) is 5.13. The van der Waals surface area contributed by atoms with Crippen LogP contribution in [0.5, 0.6) is 0 Å². The predicted molar refractivity (Wildman–Crippen MR) is 81.5 cm³/mol. The molecule has 0 radical (unpaired) electrons. The number of benzene rings is 2. The molecule has 0 saturated carbocycles. The van der Waals surface area contributed by atoms with Gasteiger partial charge in [-0.25, -0.2) is 0 Å². The molecule has 126 valence electrons. The highest BCUT2D eigenvalue weighted by Gasteiger charge is 2.30. The summed E-state index contributed by atoms with van der Waals surface area (Å²) in [6, 6.07) is 12.3. The Balaban J connectivity index is 2.11. The van der Waals surface area contributed by atoms with Gasteiger partial charge in [0.25, 0.3) is 0 Å². The van der Waals surface area contributed by atoms with Crippen molar-refractivity contribution in [2.75, 3.05) is 5.32 Å². The number of nitrogens with one attached hydrogen (secondary N) is 1. The summed E-state index contributed by atoms with van der Waals surface area (Å²) in [7, 11) is 0. The first-order chi connectivity index (χ1) is 11.3. The van der Waals surface area contributed by atoms with Crippen LogP contribution in [0, 0.1) is 0 Å². The third-order valence-electron chi connectivity index (χ3n) is 3.36. The van der Waals surface area contributed by atoms with E-state index in [1.807, 2.05) is 0 Å². The minimum absolute atomic E-state index is 0.0352. The first kappa shape index (κ1) is 17.5. The smallest absolute Gasteiger partial charge is 0.416 e. The molecule has 2 aromatic rings. The number of carboxylic acid groups (broad SMARTS) is 1. The minimum atomic E-state index is -4.52. The van der Waals surface area contributed by atoms with Gasteiger partial charge in [-0.15, -0.1) is 0 Å². The normalized spacial score (nSPS) is 12.5. The first-order valence-electron chi connectivity index (χ1n) is 7.02. The van der Waals surface area contributed by atoms with Crippen molar-refractivity contribution in [1.29, 1.82) is 0 Å². The first-order valence-corrected chi connectivity index (χ1v) is 7.02. The van der Waals surface area contributed by atoms with Crippen LogP contribution in [-0.2, 0) is 15.8 Å². The summed E-state index contributed by atoms with van der Waals surface area (Å²) in [5.41, 5.74) is -0.477. The lowest BCUT2D eigenvalue weighted by atomic mass is 9.95. The maximum Gasteiger partial charge on any atom is 0.416 e. The van der Waals surface area contributed by atoms with Crippen LogP contribution >= 0.6 is 0 Å². The van der Waals surface area contributed by atoms with Crippen LogP contribution in [0.25, 0.3) is 0 Å². The van der Waals surface area contributed by atoms with Crippen LogP contribution < -0.4 is 5.32 Å². The maximum atomic E-state index is 12.7. The molecular formula is C17H14F3NO3. The fourth-order valence-corrected chi connectivity index (χ4v) is 2.20. The maximum absolute atomic E-state index is 12.7. The highest BCUT2D eigenvalue weighted by atomic mass is 19.4. The Bertz CT molecular complexity index is 729. The third kappa shape index (κ3) is 4.58. The van der Waals surface area contributed by atoms with Crippen molar-refractivity contribution in [3.8, 4) is 0 Å². The lowest BCUT2D eigenvalue weighted by Gasteiger charge is -2.14. The Hall–Kier alpha value is -2.83. The standard InChI is InChI=1S/C17H14F3NO3/c18-17(19,20)12-7-4-8-13(9-12)21-15(22)10-14(16(23)24)11-5-2-1-3-6-11/h1-9,14H,10H2,(H,21,22)(H,23,24). The molecule has 0 heterocycles. The summed E-state index contributed by atoms with van der Waals surface area (Å²) in [5, 5.41) is 11.6. The zero-order chi connectivity index (χ0) is 17.7. The van der Waals surface area contributed by atoms with E-state index in [0.717, 1.165) is 12.1 Å². The predicted octanol–water partition coefficient (Wildman–Crippen LogP) is 3.90. The summed E-state index contributed by atoms with van der Waals surface area (Å²) in [5.74, 6) is -2.93. The van der Waals surface area contributed by atoms with Gasteiger partial charge in [0.15, 0.2) is 0 Å². The molecule has 0 spiro atoms. The fourth-order valence-electron chi connectivity index (χ4n) is 2.20. The van der Waals surface area contributed by atoms with E-state index in [1.165, 1.54) is 12.1 Å². The van der Waals surface area contributed by atoms with Crippen molar-refractivity contribution in [3.63, 3.8) is 0 Å². The van der Waals surface area contributed by atoms with Crippen molar-refractivity contribution in [3.05, 3.63) is 65.7 Å². The van der Waals surface area contributed by atoms with Crippen LogP contribution in [0.1, 0.15) is 23.5 Å². The van der Waals surface area contributed by atoms with Crippen molar-refractivity contribution < 1.29 is 27.9 Å². The Morgan fingerprint density at radius 3 is 2.29 bits per heavy atom. The number of alkyl halides is 3. The molecule has 0 fully saturated rings. The van der Waals surface area contributed by atoms with Gasteiger partial charge in [-0.1, -0.05) is 36.4 Å². The quantitative estimate of drug-likeness (QED) is 0.869. The van der Waals surface area contributed by atoms with Crippen molar-refractivity contribution in [1.82, 2.24) is 0 Å². The average molecular weight is 337 g/mol. The summed E-state index contributed by atoms with van der Waals surface area (Å²) >= 11 is 0. The number of carbonyl (C=O) groups excluding carboxylic acids is 1. The van der Waals surface area contributed by atoms with Gasteiger partial charge >= 0.3 is 12.1 Å². The van der Waals surface area contributed by atoms with Gasteiger partial charge in [0.2, 0.25) is 5.91 Å². The topological polar surface area (TPSA) is 66.4 Å². The number of carbonyl (C=O) groups is 2. The molecule has 0 aromatic heterocycles. The molecular weight excluding hydrogens is 323 g/mol. The number of aliphatic carboxylic acids is 1. The number of halogens is 3. The molecule has 0 aliphatic heterocycles. The van der Waals surface area contributed by atoms with Crippen LogP contribution in [0.2, 0.25) is 0 Å². The molecule has 7 heteroatoms. The second-order valence-electron chi connectivity index (χ2n) is 5.13. The molecule has 2 N–H and O–H groups in total. The van der Waals surface area contributed by atoms with Crippen LogP contribution in [0.3, 0.4) is 0 Å². The van der Waals surface area contributed by atoms with Crippen molar-refractivity contribution in [2.45, 2.75) is 18.5 Å². The van der Waals surface area contributed by atoms with E-state index < -0.39 is 29.5 Å². The Kier molecular flexibility index (Phi) is 5.23. The summed E-state index contributed by atoms with van der Waals surface area (Å²) in [4.78, 5) is 23.4. The van der Waals surface area contributed by atoms with Gasteiger partial charge in [-0.2, -0.15) is 13.2 Å². The van der Waals surface area contributed by atoms with Crippen molar-refractivity contribution in [2.24, 2.45) is 0 Å². The Morgan fingerprint density at radius 1 is 1.04 bits per heavy atom. The summed E-state index contributed by atoms with van der Waals surface area (Å²) < 4.78 is 38.0. The molecule has 1 amide bonds.